The zero-order valence-electron chi connectivity index (χ0n) is 18.4. The van der Waals surface area contributed by atoms with Gasteiger partial charge >= 0.3 is 5.97 Å². The molecule has 26 heavy (non-hydrogen) atoms. The second-order valence-electron chi connectivity index (χ2n) is 10.5. The molecule has 4 nitrogen and oxygen atoms in total. The Bertz CT molecular complexity index is 578. The summed E-state index contributed by atoms with van der Waals surface area (Å²) < 4.78 is 12.4. The Morgan fingerprint density at radius 3 is 2.19 bits per heavy atom. The predicted molar refractivity (Wildman–Crippen MR) is 109 cm³/mol. The molecule has 0 unspecified atom stereocenters. The summed E-state index contributed by atoms with van der Waals surface area (Å²) in [7, 11) is -2.02. The van der Waals surface area contributed by atoms with E-state index >= 15 is 0 Å². The zero-order valence-corrected chi connectivity index (χ0v) is 19.4. The van der Waals surface area contributed by atoms with E-state index in [4.69, 9.17) is 9.16 Å². The fourth-order valence-corrected chi connectivity index (χ4v) is 4.46. The minimum Gasteiger partial charge on any atom is -0.464 e. The maximum absolute atomic E-state index is 12.3. The van der Waals surface area contributed by atoms with E-state index in [2.05, 4.69) is 33.9 Å². The van der Waals surface area contributed by atoms with Crippen LogP contribution in [0.3, 0.4) is 0 Å². The summed E-state index contributed by atoms with van der Waals surface area (Å²) in [6.45, 7) is 20.8. The lowest BCUT2D eigenvalue weighted by Gasteiger charge is -2.48. The van der Waals surface area contributed by atoms with Gasteiger partial charge in [0.25, 0.3) is 0 Å². The predicted octanol–water partition coefficient (Wildman–Crippen LogP) is 5.28. The highest BCUT2D eigenvalue weighted by Gasteiger charge is 2.48. The third-order valence-electron chi connectivity index (χ3n) is 6.04. The molecule has 0 saturated carbocycles. The molecule has 0 heterocycles. The maximum atomic E-state index is 12.3. The third kappa shape index (κ3) is 4.86. The molecular formula is C21H38O4Si. The van der Waals surface area contributed by atoms with E-state index in [1.807, 2.05) is 34.6 Å². The van der Waals surface area contributed by atoms with Crippen molar-refractivity contribution in [3.05, 3.63) is 11.1 Å². The molecule has 1 aliphatic rings. The van der Waals surface area contributed by atoms with Gasteiger partial charge in [0.15, 0.2) is 8.32 Å². The Hall–Kier alpha value is -0.943. The number of esters is 1. The van der Waals surface area contributed by atoms with Gasteiger partial charge in [-0.25, -0.2) is 0 Å². The summed E-state index contributed by atoms with van der Waals surface area (Å²) in [5, 5.41) is 0.0769. The van der Waals surface area contributed by atoms with E-state index in [0.29, 0.717) is 0 Å². The van der Waals surface area contributed by atoms with Crippen LogP contribution in [-0.2, 0) is 18.8 Å². The number of carbonyl (C=O) groups excluding carboxylic acids is 2. The lowest BCUT2D eigenvalue weighted by molar-refractivity contribution is -0.158. The van der Waals surface area contributed by atoms with E-state index in [1.165, 1.54) is 0 Å². The number of carbonyl (C=O) groups is 2. The van der Waals surface area contributed by atoms with Crippen LogP contribution in [0.4, 0.5) is 0 Å². The van der Waals surface area contributed by atoms with Crippen molar-refractivity contribution in [3.8, 4) is 0 Å². The van der Waals surface area contributed by atoms with Gasteiger partial charge in [0.1, 0.15) is 12.9 Å². The molecule has 5 heteroatoms. The molecule has 1 aliphatic carbocycles. The molecule has 0 amide bonds. The van der Waals surface area contributed by atoms with E-state index in [-0.39, 0.29) is 23.7 Å². The van der Waals surface area contributed by atoms with Crippen molar-refractivity contribution in [3.63, 3.8) is 0 Å². The number of hydrogen-bond acceptors (Lipinski definition) is 4. The highest BCUT2D eigenvalue weighted by atomic mass is 28.4. The van der Waals surface area contributed by atoms with Gasteiger partial charge in [0.2, 0.25) is 0 Å². The summed E-state index contributed by atoms with van der Waals surface area (Å²) in [6.07, 6.45) is 2.50. The van der Waals surface area contributed by atoms with Gasteiger partial charge in [-0.2, -0.15) is 0 Å². The Labute approximate surface area is 160 Å². The molecule has 0 spiro atoms. The minimum atomic E-state index is -2.02. The molecular weight excluding hydrogens is 344 g/mol. The second kappa shape index (κ2) is 7.59. The average molecular weight is 383 g/mol. The van der Waals surface area contributed by atoms with E-state index in [1.54, 1.807) is 0 Å². The number of allylic oxidation sites excluding steroid dienone is 1. The largest absolute Gasteiger partial charge is 0.464 e. The minimum absolute atomic E-state index is 0.0769. The molecule has 2 atom stereocenters. The molecule has 0 fully saturated rings. The van der Waals surface area contributed by atoms with Crippen LogP contribution < -0.4 is 0 Å². The Balaban J connectivity index is 3.20. The first kappa shape index (κ1) is 23.1. The van der Waals surface area contributed by atoms with Crippen molar-refractivity contribution in [2.45, 2.75) is 92.5 Å². The molecule has 0 aromatic heterocycles. The monoisotopic (exact) mass is 382 g/mol. The van der Waals surface area contributed by atoms with Gasteiger partial charge < -0.3 is 9.16 Å². The van der Waals surface area contributed by atoms with Gasteiger partial charge in [-0.3, -0.25) is 9.59 Å². The number of aldehydes is 1. The SMILES string of the molecule is CC1=C(C=O)[C@](C)(COC(=O)C(C)(C)C)[C@@H](O[Si](C)(C)C(C)(C)C)CC1. The Morgan fingerprint density at radius 2 is 1.77 bits per heavy atom. The second-order valence-corrected chi connectivity index (χ2v) is 15.2. The van der Waals surface area contributed by atoms with E-state index in [9.17, 15) is 9.59 Å². The summed E-state index contributed by atoms with van der Waals surface area (Å²) in [5.74, 6) is -0.252. The average Bonchev–Trinajstić information content (AvgIpc) is 2.46. The summed E-state index contributed by atoms with van der Waals surface area (Å²) in [5.41, 5.74) is 0.625. The number of rotatable bonds is 5. The Morgan fingerprint density at radius 1 is 1.23 bits per heavy atom. The zero-order chi connectivity index (χ0) is 20.6. The van der Waals surface area contributed by atoms with Crippen molar-refractivity contribution in [2.75, 3.05) is 6.61 Å². The van der Waals surface area contributed by atoms with Crippen LogP contribution in [-0.4, -0.2) is 33.3 Å². The van der Waals surface area contributed by atoms with Crippen LogP contribution in [0.5, 0.6) is 0 Å². The fraction of sp³-hybridized carbons (Fsp3) is 0.810. The van der Waals surface area contributed by atoms with Crippen LogP contribution in [0.2, 0.25) is 18.1 Å². The normalized spacial score (nSPS) is 25.2. The molecule has 1 rings (SSSR count). The molecule has 0 saturated heterocycles. The van der Waals surface area contributed by atoms with Crippen LogP contribution in [0.15, 0.2) is 11.1 Å². The topological polar surface area (TPSA) is 52.6 Å². The van der Waals surface area contributed by atoms with Crippen LogP contribution in [0.25, 0.3) is 0 Å². The fourth-order valence-electron chi connectivity index (χ4n) is 3.02. The summed E-state index contributed by atoms with van der Waals surface area (Å²) >= 11 is 0. The standard InChI is InChI=1S/C21H38O4Si/c1-15-11-12-17(25-26(9,10)20(5,6)7)21(8,16(15)13-22)14-24-18(23)19(2,3)4/h13,17H,11-12,14H2,1-10H3/t17-,21-/m0/s1. The third-order valence-corrected chi connectivity index (χ3v) is 10.5. The number of ether oxygens (including phenoxy) is 1. The van der Waals surface area contributed by atoms with Crippen LogP contribution in [0.1, 0.15) is 68.2 Å². The Kier molecular flexibility index (Phi) is 6.74. The molecule has 0 N–H and O–H groups in total. The molecule has 0 radical (unpaired) electrons. The molecule has 0 aliphatic heterocycles. The number of hydrogen-bond donors (Lipinski definition) is 0. The van der Waals surface area contributed by atoms with Crippen molar-refractivity contribution in [1.82, 2.24) is 0 Å². The first-order chi connectivity index (χ1) is 11.6. The van der Waals surface area contributed by atoms with Crippen molar-refractivity contribution < 1.29 is 18.8 Å². The van der Waals surface area contributed by atoms with Gasteiger partial charge in [0, 0.05) is 5.57 Å². The van der Waals surface area contributed by atoms with Crippen LogP contribution >= 0.6 is 0 Å². The van der Waals surface area contributed by atoms with E-state index in [0.717, 1.165) is 30.3 Å². The van der Waals surface area contributed by atoms with Crippen molar-refractivity contribution in [2.24, 2.45) is 10.8 Å². The van der Waals surface area contributed by atoms with Crippen molar-refractivity contribution >= 4 is 20.6 Å². The molecule has 0 bridgehead atoms. The molecule has 0 aromatic carbocycles. The van der Waals surface area contributed by atoms with Gasteiger partial charge in [0.05, 0.1) is 16.9 Å². The van der Waals surface area contributed by atoms with E-state index < -0.39 is 19.1 Å². The summed E-state index contributed by atoms with van der Waals surface area (Å²) in [4.78, 5) is 24.2. The lowest BCUT2D eigenvalue weighted by Crippen LogP contribution is -2.52. The highest BCUT2D eigenvalue weighted by molar-refractivity contribution is 6.74. The first-order valence-corrected chi connectivity index (χ1v) is 12.5. The smallest absolute Gasteiger partial charge is 0.311 e. The van der Waals surface area contributed by atoms with Gasteiger partial charge in [-0.15, -0.1) is 0 Å². The quantitative estimate of drug-likeness (QED) is 0.369. The molecule has 150 valence electrons. The van der Waals surface area contributed by atoms with Gasteiger partial charge in [-0.05, 0) is 65.6 Å². The first-order valence-electron chi connectivity index (χ1n) is 9.57. The molecule has 0 aromatic rings. The van der Waals surface area contributed by atoms with Crippen molar-refractivity contribution in [1.29, 1.82) is 0 Å². The summed E-state index contributed by atoms with van der Waals surface area (Å²) in [6, 6.07) is 0. The lowest BCUT2D eigenvalue weighted by atomic mass is 9.70. The highest BCUT2D eigenvalue weighted by Crippen LogP contribution is 2.46. The maximum Gasteiger partial charge on any atom is 0.311 e. The van der Waals surface area contributed by atoms with Gasteiger partial charge in [-0.1, -0.05) is 26.3 Å². The van der Waals surface area contributed by atoms with Crippen LogP contribution in [0, 0.1) is 10.8 Å².